The van der Waals surface area contributed by atoms with Crippen molar-refractivity contribution in [2.45, 2.75) is 38.0 Å². The molecule has 0 aromatic heterocycles. The van der Waals surface area contributed by atoms with Crippen LogP contribution >= 0.6 is 0 Å². The van der Waals surface area contributed by atoms with Crippen LogP contribution in [0.5, 0.6) is 0 Å². The van der Waals surface area contributed by atoms with E-state index in [1.54, 1.807) is 4.90 Å². The third kappa shape index (κ3) is 4.89. The Kier molecular flexibility index (Phi) is 6.45. The van der Waals surface area contributed by atoms with E-state index in [-0.39, 0.29) is 24.3 Å². The molecule has 6 heteroatoms. The van der Waals surface area contributed by atoms with Gasteiger partial charge in [-0.1, -0.05) is 54.6 Å². The summed E-state index contributed by atoms with van der Waals surface area (Å²) in [4.78, 5) is 29.2. The van der Waals surface area contributed by atoms with Crippen molar-refractivity contribution in [3.05, 3.63) is 60.2 Å². The molecule has 2 amide bonds. The van der Waals surface area contributed by atoms with Crippen LogP contribution in [0.1, 0.15) is 24.8 Å². The van der Waals surface area contributed by atoms with Crippen molar-refractivity contribution in [1.29, 1.82) is 0 Å². The van der Waals surface area contributed by atoms with E-state index in [4.69, 9.17) is 0 Å². The van der Waals surface area contributed by atoms with Gasteiger partial charge in [-0.3, -0.25) is 14.5 Å². The first kappa shape index (κ1) is 20.6. The molecule has 2 aliphatic heterocycles. The minimum Gasteiger partial charge on any atom is -0.393 e. The Morgan fingerprint density at radius 2 is 1.63 bits per heavy atom. The summed E-state index contributed by atoms with van der Waals surface area (Å²) in [5.74, 6) is -0.0825. The quantitative estimate of drug-likeness (QED) is 0.796. The van der Waals surface area contributed by atoms with Crippen LogP contribution in [0.25, 0.3) is 11.1 Å². The number of likely N-dealkylation sites (tertiary alicyclic amines) is 1. The van der Waals surface area contributed by atoms with Gasteiger partial charge in [-0.05, 0) is 29.5 Å². The third-order valence-electron chi connectivity index (χ3n) is 6.07. The van der Waals surface area contributed by atoms with Gasteiger partial charge in [0, 0.05) is 32.7 Å². The van der Waals surface area contributed by atoms with E-state index in [1.165, 1.54) is 5.56 Å². The maximum atomic E-state index is 12.8. The maximum Gasteiger partial charge on any atom is 0.237 e. The molecule has 0 saturated carbocycles. The molecule has 2 aromatic rings. The fourth-order valence-electron chi connectivity index (χ4n) is 4.25. The standard InChI is InChI=1S/C24H29N3O3/c28-21-10-13-26(14-11-21)23(29)16-22-24(30)25-12-15-27(22)17-18-6-8-20(9-7-18)19-4-2-1-3-5-19/h1-9,21-22,28H,10-17H2,(H,25,30)/t22-/m0/s1. The summed E-state index contributed by atoms with van der Waals surface area (Å²) in [6.07, 6.45) is 1.09. The Morgan fingerprint density at radius 1 is 0.967 bits per heavy atom. The van der Waals surface area contributed by atoms with Gasteiger partial charge in [0.15, 0.2) is 0 Å². The molecule has 2 aromatic carbocycles. The van der Waals surface area contributed by atoms with E-state index in [2.05, 4.69) is 46.6 Å². The number of piperidine rings is 1. The number of aliphatic hydroxyl groups excluding tert-OH is 1. The number of amides is 2. The van der Waals surface area contributed by atoms with Crippen molar-refractivity contribution in [2.24, 2.45) is 0 Å². The van der Waals surface area contributed by atoms with Crippen LogP contribution in [0, 0.1) is 0 Å². The fourth-order valence-corrected chi connectivity index (χ4v) is 4.25. The fraction of sp³-hybridized carbons (Fsp3) is 0.417. The number of nitrogens with one attached hydrogen (secondary N) is 1. The van der Waals surface area contributed by atoms with Crippen LogP contribution in [0.4, 0.5) is 0 Å². The summed E-state index contributed by atoms with van der Waals surface area (Å²) in [5, 5.41) is 12.6. The van der Waals surface area contributed by atoms with E-state index in [0.717, 1.165) is 17.7 Å². The van der Waals surface area contributed by atoms with Crippen molar-refractivity contribution >= 4 is 11.8 Å². The zero-order valence-electron chi connectivity index (χ0n) is 17.2. The first-order chi connectivity index (χ1) is 14.6. The zero-order chi connectivity index (χ0) is 20.9. The van der Waals surface area contributed by atoms with E-state index >= 15 is 0 Å². The Hall–Kier alpha value is -2.70. The van der Waals surface area contributed by atoms with E-state index < -0.39 is 6.04 Å². The summed E-state index contributed by atoms with van der Waals surface area (Å²) in [6.45, 7) is 3.09. The Balaban J connectivity index is 1.41. The molecule has 0 spiro atoms. The Labute approximate surface area is 177 Å². The highest BCUT2D eigenvalue weighted by atomic mass is 16.3. The van der Waals surface area contributed by atoms with Gasteiger partial charge in [0.05, 0.1) is 18.6 Å². The molecule has 2 N–H and O–H groups in total. The molecule has 158 valence electrons. The SMILES string of the molecule is O=C1NCCN(Cc2ccc(-c3ccccc3)cc2)[C@H]1CC(=O)N1CCC(O)CC1. The van der Waals surface area contributed by atoms with Crippen LogP contribution in [0.3, 0.4) is 0 Å². The minimum absolute atomic E-state index is 0.00613. The van der Waals surface area contributed by atoms with Crippen LogP contribution < -0.4 is 5.32 Å². The lowest BCUT2D eigenvalue weighted by molar-refractivity contribution is -0.140. The van der Waals surface area contributed by atoms with E-state index in [9.17, 15) is 14.7 Å². The molecule has 0 aliphatic carbocycles. The maximum absolute atomic E-state index is 12.8. The number of piperazine rings is 1. The highest BCUT2D eigenvalue weighted by Crippen LogP contribution is 2.21. The summed E-state index contributed by atoms with van der Waals surface area (Å²) < 4.78 is 0. The van der Waals surface area contributed by atoms with Gasteiger partial charge in [-0.15, -0.1) is 0 Å². The molecule has 2 fully saturated rings. The van der Waals surface area contributed by atoms with Gasteiger partial charge in [0.25, 0.3) is 0 Å². The predicted molar refractivity (Wildman–Crippen MR) is 116 cm³/mol. The first-order valence-corrected chi connectivity index (χ1v) is 10.7. The van der Waals surface area contributed by atoms with E-state index in [0.29, 0.717) is 39.0 Å². The minimum atomic E-state index is -0.452. The number of hydrogen-bond acceptors (Lipinski definition) is 4. The van der Waals surface area contributed by atoms with Crippen LogP contribution in [-0.2, 0) is 16.1 Å². The summed E-state index contributed by atoms with van der Waals surface area (Å²) in [7, 11) is 0. The smallest absolute Gasteiger partial charge is 0.237 e. The molecule has 0 unspecified atom stereocenters. The number of carbonyl (C=O) groups excluding carboxylic acids is 2. The summed E-state index contributed by atoms with van der Waals surface area (Å²) in [5.41, 5.74) is 3.47. The second-order valence-electron chi connectivity index (χ2n) is 8.16. The number of benzene rings is 2. The molecular formula is C24H29N3O3. The topological polar surface area (TPSA) is 72.9 Å². The second-order valence-corrected chi connectivity index (χ2v) is 8.16. The summed E-state index contributed by atoms with van der Waals surface area (Å²) >= 11 is 0. The van der Waals surface area contributed by atoms with E-state index in [1.807, 2.05) is 18.2 Å². The van der Waals surface area contributed by atoms with Crippen LogP contribution in [0.2, 0.25) is 0 Å². The average Bonchev–Trinajstić information content (AvgIpc) is 2.77. The third-order valence-corrected chi connectivity index (χ3v) is 6.07. The number of hydrogen-bond donors (Lipinski definition) is 2. The van der Waals surface area contributed by atoms with Gasteiger partial charge in [0.2, 0.25) is 11.8 Å². The monoisotopic (exact) mass is 407 g/mol. The number of aliphatic hydroxyl groups is 1. The van der Waals surface area contributed by atoms with Crippen LogP contribution in [-0.4, -0.2) is 65.0 Å². The van der Waals surface area contributed by atoms with Gasteiger partial charge in [-0.2, -0.15) is 0 Å². The number of nitrogens with zero attached hydrogens (tertiary/aromatic N) is 2. The highest BCUT2D eigenvalue weighted by molar-refractivity contribution is 5.88. The molecule has 2 aliphatic rings. The van der Waals surface area contributed by atoms with Crippen LogP contribution in [0.15, 0.2) is 54.6 Å². The molecule has 30 heavy (non-hydrogen) atoms. The van der Waals surface area contributed by atoms with Crippen molar-refractivity contribution in [1.82, 2.24) is 15.1 Å². The van der Waals surface area contributed by atoms with Crippen molar-refractivity contribution in [3.63, 3.8) is 0 Å². The normalized spacial score (nSPS) is 20.8. The molecule has 2 saturated heterocycles. The molecule has 6 nitrogen and oxygen atoms in total. The molecule has 0 bridgehead atoms. The van der Waals surface area contributed by atoms with Gasteiger partial charge < -0.3 is 15.3 Å². The highest BCUT2D eigenvalue weighted by Gasteiger charge is 2.33. The second kappa shape index (κ2) is 9.41. The Morgan fingerprint density at radius 3 is 2.33 bits per heavy atom. The number of carbonyl (C=O) groups is 2. The molecule has 1 atom stereocenters. The van der Waals surface area contributed by atoms with Gasteiger partial charge in [0.1, 0.15) is 0 Å². The lowest BCUT2D eigenvalue weighted by atomic mass is 10.0. The van der Waals surface area contributed by atoms with Gasteiger partial charge >= 0.3 is 0 Å². The summed E-state index contributed by atoms with van der Waals surface area (Å²) in [6, 6.07) is 18.2. The molecule has 0 radical (unpaired) electrons. The van der Waals surface area contributed by atoms with Crippen molar-refractivity contribution in [3.8, 4) is 11.1 Å². The molecule has 4 rings (SSSR count). The zero-order valence-corrected chi connectivity index (χ0v) is 17.2. The molecule has 2 heterocycles. The lowest BCUT2D eigenvalue weighted by Gasteiger charge is -2.37. The van der Waals surface area contributed by atoms with Crippen molar-refractivity contribution in [2.75, 3.05) is 26.2 Å². The Bertz CT molecular complexity index is 861. The molecular weight excluding hydrogens is 378 g/mol. The first-order valence-electron chi connectivity index (χ1n) is 10.7. The largest absolute Gasteiger partial charge is 0.393 e. The van der Waals surface area contributed by atoms with Crippen molar-refractivity contribution < 1.29 is 14.7 Å². The number of rotatable bonds is 5. The average molecular weight is 408 g/mol. The van der Waals surface area contributed by atoms with Gasteiger partial charge in [-0.25, -0.2) is 0 Å². The predicted octanol–water partition coefficient (Wildman–Crippen LogP) is 2.03. The lowest BCUT2D eigenvalue weighted by Crippen LogP contribution is -2.56.